The van der Waals surface area contributed by atoms with Gasteiger partial charge in [0.05, 0.1) is 59.0 Å². The van der Waals surface area contributed by atoms with Crippen molar-refractivity contribution < 1.29 is 104 Å². The van der Waals surface area contributed by atoms with Crippen LogP contribution >= 0.6 is 0 Å². The number of ketones is 1. The van der Waals surface area contributed by atoms with Gasteiger partial charge in [0, 0.05) is 50.5 Å². The number of hydrogen-bond acceptors (Lipinski definition) is 20. The number of carbonyl (C=O) groups is 10. The number of imide groups is 1. The Bertz CT molecular complexity index is 3880. The highest BCUT2D eigenvalue weighted by atomic mass is 19.4. The van der Waals surface area contributed by atoms with Crippen LogP contribution in [0.25, 0.3) is 0 Å². The maximum absolute atomic E-state index is 16.4. The lowest BCUT2D eigenvalue weighted by molar-refractivity contribution is -0.346. The summed E-state index contributed by atoms with van der Waals surface area (Å²) in [4.78, 5) is 142. The number of carbonyl (C=O) groups excluding carboxylic acids is 10. The molecular formula is C69H69F3N4O19. The minimum absolute atomic E-state index is 0.0443. The zero-order valence-electron chi connectivity index (χ0n) is 53.0. The molecule has 3 aliphatic carbocycles. The number of amides is 4. The van der Waals surface area contributed by atoms with E-state index in [0.717, 1.165) is 30.9 Å². The Kier molecular flexibility index (Phi) is 19.7. The molecule has 4 amide bonds. The van der Waals surface area contributed by atoms with Crippen molar-refractivity contribution in [1.82, 2.24) is 10.2 Å². The zero-order valence-corrected chi connectivity index (χ0v) is 53.0. The van der Waals surface area contributed by atoms with Crippen LogP contribution in [0.2, 0.25) is 0 Å². The van der Waals surface area contributed by atoms with E-state index in [4.69, 9.17) is 33.2 Å². The molecule has 3 N–H and O–H groups in total. The molecule has 2 aliphatic heterocycles. The molecule has 26 heteroatoms. The van der Waals surface area contributed by atoms with Gasteiger partial charge in [-0.15, -0.1) is 0 Å². The van der Waals surface area contributed by atoms with Gasteiger partial charge in [0.15, 0.2) is 30.2 Å². The number of benzene rings is 4. The Labute approximate surface area is 543 Å². The molecule has 2 heterocycles. The summed E-state index contributed by atoms with van der Waals surface area (Å²) in [6, 6.07) is 25.0. The first kappa shape index (κ1) is 69.6. The average molecular weight is 1320 g/mol. The number of nitrogens with one attached hydrogen (secondary N) is 1. The van der Waals surface area contributed by atoms with Crippen molar-refractivity contribution in [1.29, 1.82) is 5.26 Å². The van der Waals surface area contributed by atoms with Crippen LogP contribution in [0.1, 0.15) is 131 Å². The molecule has 0 radical (unpaired) electrons. The molecule has 95 heavy (non-hydrogen) atoms. The minimum Gasteiger partial charge on any atom is -0.461 e. The second kappa shape index (κ2) is 26.9. The minimum atomic E-state index is -4.97. The number of hydrogen-bond donors (Lipinski definition) is 3. The van der Waals surface area contributed by atoms with Crippen molar-refractivity contribution in [2.45, 2.75) is 153 Å². The van der Waals surface area contributed by atoms with Crippen LogP contribution in [0.15, 0.2) is 120 Å². The van der Waals surface area contributed by atoms with Crippen molar-refractivity contribution >= 4 is 65.1 Å². The Morgan fingerprint density at radius 1 is 0.800 bits per heavy atom. The van der Waals surface area contributed by atoms with Crippen LogP contribution in [-0.2, 0) is 72.9 Å². The van der Waals surface area contributed by atoms with Crippen LogP contribution in [-0.4, -0.2) is 148 Å². The van der Waals surface area contributed by atoms with Crippen LogP contribution in [0.3, 0.4) is 0 Å². The van der Waals surface area contributed by atoms with Gasteiger partial charge in [-0.2, -0.15) is 18.4 Å². The fraction of sp³-hybridized carbons (Fsp3) is 0.435. The van der Waals surface area contributed by atoms with Gasteiger partial charge < -0.3 is 48.7 Å². The third kappa shape index (κ3) is 13.1. The van der Waals surface area contributed by atoms with E-state index in [1.54, 1.807) is 54.6 Å². The summed E-state index contributed by atoms with van der Waals surface area (Å²) in [6.07, 6.45) is -18.0. The largest absolute Gasteiger partial charge is 0.461 e. The normalized spacial score (nSPS) is 26.2. The van der Waals surface area contributed by atoms with Gasteiger partial charge in [0.25, 0.3) is 11.8 Å². The number of nitriles is 1. The smallest absolute Gasteiger partial charge is 0.417 e. The number of aliphatic hydroxyl groups is 2. The monoisotopic (exact) mass is 1310 g/mol. The fourth-order valence-electron chi connectivity index (χ4n) is 13.6. The van der Waals surface area contributed by atoms with E-state index in [1.807, 2.05) is 0 Å². The molecule has 11 atom stereocenters. The number of aliphatic hydroxyl groups excluding tert-OH is 1. The van der Waals surface area contributed by atoms with Gasteiger partial charge in [-0.25, -0.2) is 19.3 Å². The van der Waals surface area contributed by atoms with E-state index >= 15 is 4.79 Å². The van der Waals surface area contributed by atoms with Gasteiger partial charge in [0.2, 0.25) is 0 Å². The number of rotatable bonds is 18. The standard InChI is InChI=1S/C69H69F3N4O19/c1-38-47(92-61(85)54(81)53(41-21-12-9-13-22-41)74-59(83)42-23-14-10-15-24-42)35-68(88)58(94-60(84)43-25-16-11-17-26-43)56-66(8,57(82)55(91-39(2)77)52(38)64(68,4)5)48(34-49-67(56,37-90-49)95-40(3)78)93-51(80)28-20-27-50(79)89-32-19-18-31-75-63(87)76(62(86)65(75,6)7)45-30-29-44(36-73)46(33-45)69(70,71)72/h9-17,21-26,29-30,33,47-49,53-56,58,81,88H,20,27-28,31-32,34-35,37H2,1-8H3,(H,74,83)/t47-,48-,49?,53-,54+,55+,56-,58-,66+,67-,68+/m0/s1. The lowest BCUT2D eigenvalue weighted by Crippen LogP contribution is -2.82. The summed E-state index contributed by atoms with van der Waals surface area (Å²) in [5, 5.41) is 38.1. The molecular weight excluding hydrogens is 1250 g/mol. The first-order valence-corrected chi connectivity index (χ1v) is 30.3. The maximum atomic E-state index is 16.4. The average Bonchev–Trinajstić information content (AvgIpc) is 1.15. The summed E-state index contributed by atoms with van der Waals surface area (Å²) in [5.74, 6) is -5.33. The molecule has 0 aromatic heterocycles. The summed E-state index contributed by atoms with van der Waals surface area (Å²) in [7, 11) is 0. The Balaban J connectivity index is 0.992. The highest BCUT2D eigenvalue weighted by Crippen LogP contribution is 2.65. The first-order valence-electron chi connectivity index (χ1n) is 30.3. The second-order valence-electron chi connectivity index (χ2n) is 25.1. The van der Waals surface area contributed by atoms with Crippen LogP contribution < -0.4 is 10.2 Å². The second-order valence-corrected chi connectivity index (χ2v) is 25.1. The topological polar surface area (TPSA) is 318 Å². The predicted octanol–water partition coefficient (Wildman–Crippen LogP) is 7.14. The van der Waals surface area contributed by atoms with Crippen molar-refractivity contribution in [3.8, 4) is 17.9 Å². The first-order chi connectivity index (χ1) is 44.7. The van der Waals surface area contributed by atoms with Crippen LogP contribution in [0.5, 0.6) is 0 Å². The number of fused-ring (bicyclic) bond motifs is 5. The number of Topliss-reactive ketones (excluding diaryl/α,β-unsaturated/α-hetero) is 1. The van der Waals surface area contributed by atoms with E-state index in [0.29, 0.717) is 16.5 Å². The molecule has 1 unspecified atom stereocenters. The Hall–Kier alpha value is -9.76. The van der Waals surface area contributed by atoms with Gasteiger partial charge in [-0.1, -0.05) is 92.4 Å². The van der Waals surface area contributed by atoms with Crippen molar-refractivity contribution in [3.05, 3.63) is 148 Å². The molecule has 4 aromatic rings. The molecule has 4 fully saturated rings. The van der Waals surface area contributed by atoms with Gasteiger partial charge in [-0.05, 0) is 93.3 Å². The van der Waals surface area contributed by atoms with Gasteiger partial charge in [-0.3, -0.25) is 38.5 Å². The molecule has 4 aromatic carbocycles. The van der Waals surface area contributed by atoms with Crippen molar-refractivity contribution in [2.75, 3.05) is 24.7 Å². The number of alkyl halides is 3. The van der Waals surface area contributed by atoms with E-state index in [2.05, 4.69) is 17.2 Å². The SMILES string of the molecule is CC(=O)O[C@H]1C(=O)[C@]2(C)[C@@H](OC(=O)CCCC(=O)OCC#CCN3C(=O)N(c4ccc(C#N)c(C(F)(F)F)c4)C(=O)C3(C)C)CC3OC[C@@]3(OC(C)=O)[C@H]2[C@H](OC(=O)c2ccccc2)[C@]2(O)C[C@H](OC(=O)[C@H](O)[C@@H](NC(=O)c3ccccc3)c3ccccc3)C(C)=C1C2(C)C. The summed E-state index contributed by atoms with van der Waals surface area (Å²) >= 11 is 0. The summed E-state index contributed by atoms with van der Waals surface area (Å²) in [5.41, 5.74) is -12.5. The number of urea groups is 1. The molecule has 2 bridgehead atoms. The predicted molar refractivity (Wildman–Crippen MR) is 324 cm³/mol. The highest BCUT2D eigenvalue weighted by molar-refractivity contribution is 6.23. The van der Waals surface area contributed by atoms with E-state index in [9.17, 15) is 71.8 Å². The molecule has 0 spiro atoms. The molecule has 2 saturated heterocycles. The number of anilines is 1. The summed E-state index contributed by atoms with van der Waals surface area (Å²) < 4.78 is 83.9. The van der Waals surface area contributed by atoms with Gasteiger partial charge in [0.1, 0.15) is 35.6 Å². The molecule has 500 valence electrons. The van der Waals surface area contributed by atoms with Gasteiger partial charge >= 0.3 is 48.0 Å². The summed E-state index contributed by atoms with van der Waals surface area (Å²) in [6.45, 7) is 9.11. The van der Waals surface area contributed by atoms with E-state index < -0.39 is 198 Å². The lowest BCUT2D eigenvalue weighted by atomic mass is 9.44. The number of esters is 6. The maximum Gasteiger partial charge on any atom is 0.417 e. The van der Waals surface area contributed by atoms with Crippen molar-refractivity contribution in [3.63, 3.8) is 0 Å². The number of halogens is 3. The fourth-order valence-corrected chi connectivity index (χ4v) is 13.6. The number of ether oxygens (including phenoxy) is 7. The zero-order chi connectivity index (χ0) is 69.3. The quantitative estimate of drug-likeness (QED) is 0.0293. The van der Waals surface area contributed by atoms with Crippen LogP contribution in [0, 0.1) is 39.9 Å². The van der Waals surface area contributed by atoms with Crippen LogP contribution in [0.4, 0.5) is 23.7 Å². The lowest BCUT2D eigenvalue weighted by Gasteiger charge is -2.67. The Morgan fingerprint density at radius 3 is 2.01 bits per heavy atom. The third-order valence-corrected chi connectivity index (χ3v) is 18.7. The third-order valence-electron chi connectivity index (χ3n) is 18.7. The molecule has 9 rings (SSSR count). The Morgan fingerprint density at radius 2 is 1.42 bits per heavy atom. The van der Waals surface area contributed by atoms with E-state index in [-0.39, 0.29) is 35.1 Å². The highest BCUT2D eigenvalue weighted by Gasteiger charge is 2.79. The molecule has 2 saturated carbocycles. The van der Waals surface area contributed by atoms with Crippen molar-refractivity contribution in [2.24, 2.45) is 16.7 Å². The van der Waals surface area contributed by atoms with E-state index in [1.165, 1.54) is 84.0 Å². The molecule has 5 aliphatic rings. The number of nitrogens with zero attached hydrogens (tertiary/aromatic N) is 3. The molecule has 23 nitrogen and oxygen atoms in total.